The molecule has 1 aliphatic rings. The van der Waals surface area contributed by atoms with Crippen molar-refractivity contribution in [2.45, 2.75) is 52.6 Å². The van der Waals surface area contributed by atoms with E-state index in [0.29, 0.717) is 17.9 Å². The van der Waals surface area contributed by atoms with Crippen LogP contribution in [0.4, 0.5) is 0 Å². The van der Waals surface area contributed by atoms with Crippen molar-refractivity contribution in [1.82, 2.24) is 10.2 Å². The highest BCUT2D eigenvalue weighted by molar-refractivity contribution is 5.77. The molecule has 0 aromatic carbocycles. The fourth-order valence-electron chi connectivity index (χ4n) is 1.92. The standard InChI is InChI=1S/C13H28N4/c1-10(2)9-16-13(14)15-7-8-17(11(3)4)12-5-6-12/h10-12H,5-9H2,1-4H3,(H3,14,15,16). The summed E-state index contributed by atoms with van der Waals surface area (Å²) in [5, 5.41) is 3.19. The first-order chi connectivity index (χ1) is 8.00. The van der Waals surface area contributed by atoms with Gasteiger partial charge in [0.25, 0.3) is 0 Å². The van der Waals surface area contributed by atoms with E-state index in [-0.39, 0.29) is 0 Å². The average Bonchev–Trinajstić information content (AvgIpc) is 3.04. The molecule has 0 amide bonds. The molecule has 0 bridgehead atoms. The monoisotopic (exact) mass is 240 g/mol. The molecule has 0 unspecified atom stereocenters. The predicted molar refractivity (Wildman–Crippen MR) is 74.2 cm³/mol. The number of rotatable bonds is 7. The van der Waals surface area contributed by atoms with E-state index in [4.69, 9.17) is 5.73 Å². The van der Waals surface area contributed by atoms with Gasteiger partial charge in [0, 0.05) is 31.7 Å². The summed E-state index contributed by atoms with van der Waals surface area (Å²) in [5.74, 6) is 1.15. The minimum atomic E-state index is 0.564. The minimum absolute atomic E-state index is 0.564. The van der Waals surface area contributed by atoms with E-state index in [9.17, 15) is 0 Å². The number of aliphatic imine (C=N–C) groups is 1. The van der Waals surface area contributed by atoms with Gasteiger partial charge >= 0.3 is 0 Å². The van der Waals surface area contributed by atoms with Gasteiger partial charge in [-0.05, 0) is 32.6 Å². The Kier molecular flexibility index (Phi) is 5.75. The first kappa shape index (κ1) is 14.3. The van der Waals surface area contributed by atoms with Gasteiger partial charge in [-0.3, -0.25) is 9.89 Å². The molecule has 0 radical (unpaired) electrons. The summed E-state index contributed by atoms with van der Waals surface area (Å²) >= 11 is 0. The van der Waals surface area contributed by atoms with Crippen LogP contribution >= 0.6 is 0 Å². The summed E-state index contributed by atoms with van der Waals surface area (Å²) in [6, 6.07) is 1.43. The molecule has 0 aromatic rings. The van der Waals surface area contributed by atoms with Crippen molar-refractivity contribution in [1.29, 1.82) is 0 Å². The Balaban J connectivity index is 2.19. The van der Waals surface area contributed by atoms with Crippen LogP contribution in [-0.2, 0) is 0 Å². The lowest BCUT2D eigenvalue weighted by Gasteiger charge is -2.26. The maximum atomic E-state index is 5.80. The fourth-order valence-corrected chi connectivity index (χ4v) is 1.92. The molecule has 0 aromatic heterocycles. The highest BCUT2D eigenvalue weighted by Crippen LogP contribution is 2.27. The van der Waals surface area contributed by atoms with E-state index in [1.54, 1.807) is 0 Å². The number of hydrogen-bond donors (Lipinski definition) is 2. The lowest BCUT2D eigenvalue weighted by molar-refractivity contribution is 0.215. The smallest absolute Gasteiger partial charge is 0.188 e. The van der Waals surface area contributed by atoms with Gasteiger partial charge in [0.05, 0.1) is 0 Å². The van der Waals surface area contributed by atoms with E-state index in [1.807, 2.05) is 0 Å². The summed E-state index contributed by atoms with van der Waals surface area (Å²) in [4.78, 5) is 6.84. The molecule has 0 aliphatic heterocycles. The second-order valence-electron chi connectivity index (χ2n) is 5.61. The third-order valence-electron chi connectivity index (χ3n) is 2.98. The number of nitrogens with one attached hydrogen (secondary N) is 1. The zero-order valence-electron chi connectivity index (χ0n) is 11.7. The quantitative estimate of drug-likeness (QED) is 0.523. The second-order valence-corrected chi connectivity index (χ2v) is 5.61. The summed E-state index contributed by atoms with van der Waals surface area (Å²) < 4.78 is 0. The normalized spacial score (nSPS) is 17.2. The molecule has 0 spiro atoms. The maximum Gasteiger partial charge on any atom is 0.188 e. The van der Waals surface area contributed by atoms with Crippen molar-refractivity contribution in [3.63, 3.8) is 0 Å². The van der Waals surface area contributed by atoms with Gasteiger partial charge in [-0.15, -0.1) is 0 Å². The van der Waals surface area contributed by atoms with Gasteiger partial charge in [-0.25, -0.2) is 0 Å². The molecule has 17 heavy (non-hydrogen) atoms. The van der Waals surface area contributed by atoms with Gasteiger partial charge in [0.2, 0.25) is 0 Å². The van der Waals surface area contributed by atoms with Gasteiger partial charge in [0.15, 0.2) is 5.96 Å². The number of nitrogens with two attached hydrogens (primary N) is 1. The third kappa shape index (κ3) is 5.91. The Morgan fingerprint density at radius 2 is 2.00 bits per heavy atom. The third-order valence-corrected chi connectivity index (χ3v) is 2.98. The molecule has 0 atom stereocenters. The number of nitrogens with zero attached hydrogens (tertiary/aromatic N) is 2. The molecule has 100 valence electrons. The van der Waals surface area contributed by atoms with Crippen LogP contribution in [0.2, 0.25) is 0 Å². The Morgan fingerprint density at radius 3 is 2.47 bits per heavy atom. The molecular formula is C13H28N4. The number of guanidine groups is 1. The maximum absolute atomic E-state index is 5.80. The van der Waals surface area contributed by atoms with E-state index in [2.05, 4.69) is 42.9 Å². The Hall–Kier alpha value is -0.770. The molecule has 4 heteroatoms. The Labute approximate surface area is 106 Å². The van der Waals surface area contributed by atoms with E-state index in [0.717, 1.165) is 25.7 Å². The van der Waals surface area contributed by atoms with Crippen LogP contribution in [0, 0.1) is 5.92 Å². The molecule has 4 nitrogen and oxygen atoms in total. The molecule has 1 fully saturated rings. The van der Waals surface area contributed by atoms with Gasteiger partial charge < -0.3 is 11.1 Å². The highest BCUT2D eigenvalue weighted by Gasteiger charge is 2.29. The summed E-state index contributed by atoms with van der Waals surface area (Å²) in [6.07, 6.45) is 2.71. The minimum Gasteiger partial charge on any atom is -0.370 e. The largest absolute Gasteiger partial charge is 0.370 e. The summed E-state index contributed by atoms with van der Waals surface area (Å²) in [7, 11) is 0. The molecule has 1 rings (SSSR count). The molecule has 0 saturated heterocycles. The summed E-state index contributed by atoms with van der Waals surface area (Å²) in [6.45, 7) is 11.6. The van der Waals surface area contributed by atoms with Crippen molar-refractivity contribution in [2.24, 2.45) is 16.6 Å². The highest BCUT2D eigenvalue weighted by atomic mass is 15.2. The van der Waals surface area contributed by atoms with Crippen molar-refractivity contribution < 1.29 is 0 Å². The van der Waals surface area contributed by atoms with Crippen molar-refractivity contribution >= 4 is 5.96 Å². The topological polar surface area (TPSA) is 53.6 Å². The zero-order chi connectivity index (χ0) is 12.8. The van der Waals surface area contributed by atoms with Gasteiger partial charge in [0.1, 0.15) is 0 Å². The Morgan fingerprint density at radius 1 is 1.35 bits per heavy atom. The zero-order valence-corrected chi connectivity index (χ0v) is 11.7. The lowest BCUT2D eigenvalue weighted by atomic mass is 10.2. The molecule has 1 aliphatic carbocycles. The molecular weight excluding hydrogens is 212 g/mol. The molecule has 3 N–H and O–H groups in total. The SMILES string of the molecule is CC(C)CN=C(N)NCCN(C(C)C)C1CC1. The van der Waals surface area contributed by atoms with E-state index < -0.39 is 0 Å². The van der Waals surface area contributed by atoms with Crippen LogP contribution in [0.25, 0.3) is 0 Å². The van der Waals surface area contributed by atoms with Crippen molar-refractivity contribution in [2.75, 3.05) is 19.6 Å². The average molecular weight is 240 g/mol. The van der Waals surface area contributed by atoms with Gasteiger partial charge in [-0.1, -0.05) is 13.8 Å². The van der Waals surface area contributed by atoms with Crippen molar-refractivity contribution in [3.05, 3.63) is 0 Å². The Bertz CT molecular complexity index is 242. The van der Waals surface area contributed by atoms with Crippen LogP contribution in [0.3, 0.4) is 0 Å². The van der Waals surface area contributed by atoms with Crippen LogP contribution in [0.1, 0.15) is 40.5 Å². The summed E-state index contributed by atoms with van der Waals surface area (Å²) in [5.41, 5.74) is 5.80. The fraction of sp³-hybridized carbons (Fsp3) is 0.923. The van der Waals surface area contributed by atoms with Crippen molar-refractivity contribution in [3.8, 4) is 0 Å². The van der Waals surface area contributed by atoms with Crippen LogP contribution < -0.4 is 11.1 Å². The first-order valence-electron chi connectivity index (χ1n) is 6.80. The number of hydrogen-bond acceptors (Lipinski definition) is 2. The molecule has 1 saturated carbocycles. The van der Waals surface area contributed by atoms with Crippen LogP contribution in [-0.4, -0.2) is 42.6 Å². The second kappa shape index (κ2) is 6.84. The van der Waals surface area contributed by atoms with Crippen LogP contribution in [0.15, 0.2) is 4.99 Å². The van der Waals surface area contributed by atoms with Crippen LogP contribution in [0.5, 0.6) is 0 Å². The van der Waals surface area contributed by atoms with E-state index in [1.165, 1.54) is 12.8 Å². The van der Waals surface area contributed by atoms with E-state index >= 15 is 0 Å². The molecule has 0 heterocycles. The predicted octanol–water partition coefficient (Wildman–Crippen LogP) is 1.42. The first-order valence-corrected chi connectivity index (χ1v) is 6.80. The lowest BCUT2D eigenvalue weighted by Crippen LogP contribution is -2.42. The van der Waals surface area contributed by atoms with Gasteiger partial charge in [-0.2, -0.15) is 0 Å².